The van der Waals surface area contributed by atoms with Crippen molar-refractivity contribution >= 4 is 39.0 Å². The van der Waals surface area contributed by atoms with Gasteiger partial charge < -0.3 is 5.11 Å². The van der Waals surface area contributed by atoms with Gasteiger partial charge in [-0.2, -0.15) is 5.10 Å². The van der Waals surface area contributed by atoms with E-state index in [9.17, 15) is 9.90 Å². The fourth-order valence-corrected chi connectivity index (χ4v) is 3.44. The number of aromatic carboxylic acids is 1. The van der Waals surface area contributed by atoms with E-state index in [0.717, 1.165) is 15.0 Å². The molecular weight excluding hydrogens is 284 g/mol. The highest BCUT2D eigenvalue weighted by atomic mass is 35.5. The first-order valence-electron chi connectivity index (χ1n) is 5.51. The van der Waals surface area contributed by atoms with Gasteiger partial charge in [0.25, 0.3) is 0 Å². The lowest BCUT2D eigenvalue weighted by atomic mass is 10.2. The number of rotatable bonds is 2. The van der Waals surface area contributed by atoms with Crippen LogP contribution < -0.4 is 0 Å². The molecule has 0 aliphatic heterocycles. The zero-order valence-corrected chi connectivity index (χ0v) is 11.5. The monoisotopic (exact) mass is 292 g/mol. The van der Waals surface area contributed by atoms with Gasteiger partial charge in [0.1, 0.15) is 5.56 Å². The molecule has 1 N–H and O–H groups in total. The number of carbonyl (C=O) groups is 1. The Kier molecular flexibility index (Phi) is 2.80. The van der Waals surface area contributed by atoms with Crippen molar-refractivity contribution in [3.63, 3.8) is 0 Å². The minimum atomic E-state index is -0.974. The summed E-state index contributed by atoms with van der Waals surface area (Å²) in [5.41, 5.74) is 0.824. The fourth-order valence-electron chi connectivity index (χ4n) is 2.01. The molecule has 19 heavy (non-hydrogen) atoms. The van der Waals surface area contributed by atoms with Gasteiger partial charge in [0.2, 0.25) is 0 Å². The smallest absolute Gasteiger partial charge is 0.339 e. The van der Waals surface area contributed by atoms with Crippen LogP contribution in [0.15, 0.2) is 30.5 Å². The van der Waals surface area contributed by atoms with Gasteiger partial charge in [-0.15, -0.1) is 11.3 Å². The van der Waals surface area contributed by atoms with Crippen LogP contribution >= 0.6 is 22.9 Å². The summed E-state index contributed by atoms with van der Waals surface area (Å²) in [5, 5.41) is 14.9. The number of benzene rings is 1. The van der Waals surface area contributed by atoms with E-state index in [2.05, 4.69) is 5.10 Å². The highest BCUT2D eigenvalue weighted by Gasteiger charge is 2.18. The Morgan fingerprint density at radius 3 is 2.95 bits per heavy atom. The van der Waals surface area contributed by atoms with E-state index in [0.29, 0.717) is 10.7 Å². The van der Waals surface area contributed by atoms with E-state index >= 15 is 0 Å². The molecule has 0 fully saturated rings. The maximum atomic E-state index is 11.2. The highest BCUT2D eigenvalue weighted by molar-refractivity contribution is 7.22. The summed E-state index contributed by atoms with van der Waals surface area (Å²) >= 11 is 7.47. The van der Waals surface area contributed by atoms with Crippen molar-refractivity contribution in [1.82, 2.24) is 9.78 Å². The van der Waals surface area contributed by atoms with Crippen LogP contribution in [0.4, 0.5) is 0 Å². The number of thiophene rings is 1. The third-order valence-electron chi connectivity index (χ3n) is 2.88. The number of aromatic nitrogens is 2. The Bertz CT molecular complexity index is 791. The Labute approximate surface area is 117 Å². The van der Waals surface area contributed by atoms with Crippen LogP contribution in [0.1, 0.15) is 10.4 Å². The molecule has 0 saturated carbocycles. The summed E-state index contributed by atoms with van der Waals surface area (Å²) in [6.07, 6.45) is 1.37. The number of nitrogens with zero attached hydrogens (tertiary/aromatic N) is 2. The van der Waals surface area contributed by atoms with Gasteiger partial charge in [0.15, 0.2) is 0 Å². The highest BCUT2D eigenvalue weighted by Crippen LogP contribution is 2.36. The normalized spacial score (nSPS) is 11.1. The predicted octanol–water partition coefficient (Wildman–Crippen LogP) is 3.65. The van der Waals surface area contributed by atoms with E-state index in [-0.39, 0.29) is 5.56 Å². The summed E-state index contributed by atoms with van der Waals surface area (Å²) < 4.78 is 2.61. The first-order valence-corrected chi connectivity index (χ1v) is 6.70. The largest absolute Gasteiger partial charge is 0.478 e. The first-order chi connectivity index (χ1) is 9.06. The zero-order valence-electron chi connectivity index (χ0n) is 9.92. The van der Waals surface area contributed by atoms with Gasteiger partial charge in [-0.05, 0) is 23.6 Å². The SMILES string of the molecule is Cn1ncc(C(=O)O)c1-c1cc2ccc(Cl)cc2s1. The molecule has 0 radical (unpaired) electrons. The number of fused-ring (bicyclic) bond motifs is 1. The van der Waals surface area contributed by atoms with Crippen molar-refractivity contribution < 1.29 is 9.90 Å². The van der Waals surface area contributed by atoms with Crippen LogP contribution in [-0.4, -0.2) is 20.9 Å². The van der Waals surface area contributed by atoms with E-state index in [4.69, 9.17) is 11.6 Å². The third-order valence-corrected chi connectivity index (χ3v) is 4.22. The molecule has 1 aromatic carbocycles. The standard InChI is InChI=1S/C13H9ClN2O2S/c1-16-12(9(6-15-16)13(17)18)11-4-7-2-3-8(14)5-10(7)19-11/h2-6H,1H3,(H,17,18). The maximum absolute atomic E-state index is 11.2. The molecule has 4 nitrogen and oxygen atoms in total. The topological polar surface area (TPSA) is 55.1 Å². The number of carboxylic acid groups (broad SMARTS) is 1. The van der Waals surface area contributed by atoms with E-state index in [1.54, 1.807) is 11.7 Å². The molecule has 3 aromatic rings. The van der Waals surface area contributed by atoms with Crippen LogP contribution in [-0.2, 0) is 7.05 Å². The van der Waals surface area contributed by atoms with E-state index in [1.807, 2.05) is 24.3 Å². The zero-order chi connectivity index (χ0) is 13.6. The number of aryl methyl sites for hydroxylation is 1. The van der Waals surface area contributed by atoms with Crippen LogP contribution in [0, 0.1) is 0 Å². The van der Waals surface area contributed by atoms with E-state index < -0.39 is 5.97 Å². The third kappa shape index (κ3) is 2.01. The number of carboxylic acids is 1. The Morgan fingerprint density at radius 1 is 1.42 bits per heavy atom. The van der Waals surface area contributed by atoms with Crippen molar-refractivity contribution in [3.05, 3.63) is 41.0 Å². The maximum Gasteiger partial charge on any atom is 0.339 e. The second-order valence-corrected chi connectivity index (χ2v) is 5.65. The number of hydrogen-bond donors (Lipinski definition) is 1. The molecule has 0 aliphatic rings. The minimum Gasteiger partial charge on any atom is -0.478 e. The van der Waals surface area contributed by atoms with E-state index in [1.165, 1.54) is 17.5 Å². The summed E-state index contributed by atoms with van der Waals surface area (Å²) in [5.74, 6) is -0.974. The van der Waals surface area contributed by atoms with Crippen molar-refractivity contribution in [1.29, 1.82) is 0 Å². The van der Waals surface area contributed by atoms with Crippen molar-refractivity contribution in [3.8, 4) is 10.6 Å². The molecule has 0 atom stereocenters. The Balaban J connectivity index is 2.24. The molecular formula is C13H9ClN2O2S. The Morgan fingerprint density at radius 2 is 2.21 bits per heavy atom. The molecule has 2 heterocycles. The van der Waals surface area contributed by atoms with Crippen molar-refractivity contribution in [2.45, 2.75) is 0 Å². The van der Waals surface area contributed by atoms with Gasteiger partial charge >= 0.3 is 5.97 Å². The minimum absolute atomic E-state index is 0.208. The summed E-state index contributed by atoms with van der Waals surface area (Å²) in [6.45, 7) is 0. The molecule has 0 unspecified atom stereocenters. The van der Waals surface area contributed by atoms with Gasteiger partial charge in [0.05, 0.1) is 16.8 Å². The number of hydrogen-bond acceptors (Lipinski definition) is 3. The average molecular weight is 293 g/mol. The molecule has 3 rings (SSSR count). The average Bonchev–Trinajstić information content (AvgIpc) is 2.91. The summed E-state index contributed by atoms with van der Waals surface area (Å²) in [4.78, 5) is 12.1. The second kappa shape index (κ2) is 4.36. The first kappa shape index (κ1) is 12.2. The lowest BCUT2D eigenvalue weighted by Gasteiger charge is -1.99. The van der Waals surface area contributed by atoms with Crippen LogP contribution in [0.3, 0.4) is 0 Å². The van der Waals surface area contributed by atoms with Gasteiger partial charge in [-0.1, -0.05) is 17.7 Å². The fraction of sp³-hybridized carbons (Fsp3) is 0.0769. The van der Waals surface area contributed by atoms with Crippen molar-refractivity contribution in [2.75, 3.05) is 0 Å². The molecule has 0 amide bonds. The predicted molar refractivity (Wildman–Crippen MR) is 76.0 cm³/mol. The van der Waals surface area contributed by atoms with Crippen LogP contribution in [0.25, 0.3) is 20.7 Å². The number of halogens is 1. The molecule has 0 saturated heterocycles. The van der Waals surface area contributed by atoms with Crippen LogP contribution in [0.5, 0.6) is 0 Å². The molecule has 6 heteroatoms. The Hall–Kier alpha value is -1.85. The van der Waals surface area contributed by atoms with Gasteiger partial charge in [-0.25, -0.2) is 4.79 Å². The second-order valence-electron chi connectivity index (χ2n) is 4.13. The lowest BCUT2D eigenvalue weighted by Crippen LogP contribution is -1.99. The molecule has 0 aliphatic carbocycles. The quantitative estimate of drug-likeness (QED) is 0.784. The van der Waals surface area contributed by atoms with Gasteiger partial charge in [-0.3, -0.25) is 4.68 Å². The summed E-state index contributed by atoms with van der Waals surface area (Å²) in [7, 11) is 1.74. The van der Waals surface area contributed by atoms with Crippen molar-refractivity contribution in [2.24, 2.45) is 7.05 Å². The lowest BCUT2D eigenvalue weighted by molar-refractivity contribution is 0.0697. The van der Waals surface area contributed by atoms with Crippen LogP contribution in [0.2, 0.25) is 5.02 Å². The molecule has 0 bridgehead atoms. The molecule has 96 valence electrons. The summed E-state index contributed by atoms with van der Waals surface area (Å²) in [6, 6.07) is 7.58. The molecule has 2 aromatic heterocycles. The molecule has 0 spiro atoms. The van der Waals surface area contributed by atoms with Gasteiger partial charge in [0, 0.05) is 16.8 Å².